The van der Waals surface area contributed by atoms with E-state index in [-0.39, 0.29) is 10.8 Å². The highest BCUT2D eigenvalue weighted by Crippen LogP contribution is 2.54. The standard InChI is InChI=1S/C18H25Cl/c1-12-8-7-9-13(2)14(12)15-16(19)18(5,6)11-10-17(15,3)4/h7-9H,10-11H2,1-6H3. The van der Waals surface area contributed by atoms with E-state index in [1.54, 1.807) is 0 Å². The molecule has 1 aromatic carbocycles. The molecule has 0 heterocycles. The number of benzene rings is 1. The average molecular weight is 277 g/mol. The Bertz CT molecular complexity index is 512. The van der Waals surface area contributed by atoms with E-state index in [9.17, 15) is 0 Å². The second-order valence-electron chi connectivity index (χ2n) is 7.22. The summed E-state index contributed by atoms with van der Waals surface area (Å²) < 4.78 is 0. The summed E-state index contributed by atoms with van der Waals surface area (Å²) in [5.74, 6) is 0. The molecule has 2 rings (SSSR count). The molecule has 0 N–H and O–H groups in total. The number of hydrogen-bond acceptors (Lipinski definition) is 0. The van der Waals surface area contributed by atoms with Crippen LogP contribution in [-0.4, -0.2) is 0 Å². The zero-order valence-electron chi connectivity index (χ0n) is 13.0. The van der Waals surface area contributed by atoms with E-state index in [0.29, 0.717) is 0 Å². The number of rotatable bonds is 1. The minimum Gasteiger partial charge on any atom is -0.0882 e. The molecule has 104 valence electrons. The largest absolute Gasteiger partial charge is 0.0882 e. The Kier molecular flexibility index (Phi) is 3.60. The van der Waals surface area contributed by atoms with Crippen molar-refractivity contribution in [3.05, 3.63) is 39.9 Å². The summed E-state index contributed by atoms with van der Waals surface area (Å²) in [5, 5.41) is 1.06. The lowest BCUT2D eigenvalue weighted by molar-refractivity contribution is 0.305. The van der Waals surface area contributed by atoms with Crippen molar-refractivity contribution in [3.8, 4) is 0 Å². The third kappa shape index (κ3) is 2.48. The Labute approximate surface area is 122 Å². The molecule has 0 aliphatic heterocycles. The summed E-state index contributed by atoms with van der Waals surface area (Å²) in [6, 6.07) is 6.51. The van der Waals surface area contributed by atoms with Crippen molar-refractivity contribution in [3.63, 3.8) is 0 Å². The molecular weight excluding hydrogens is 252 g/mol. The summed E-state index contributed by atoms with van der Waals surface area (Å²) in [6.07, 6.45) is 2.35. The van der Waals surface area contributed by atoms with Gasteiger partial charge in [0.25, 0.3) is 0 Å². The van der Waals surface area contributed by atoms with Gasteiger partial charge in [-0.05, 0) is 54.4 Å². The fourth-order valence-electron chi connectivity index (χ4n) is 3.15. The lowest BCUT2D eigenvalue weighted by atomic mass is 9.64. The fraction of sp³-hybridized carbons (Fsp3) is 0.556. The Morgan fingerprint density at radius 3 is 1.89 bits per heavy atom. The van der Waals surface area contributed by atoms with Crippen molar-refractivity contribution < 1.29 is 0 Å². The van der Waals surface area contributed by atoms with Crippen LogP contribution in [0, 0.1) is 24.7 Å². The summed E-state index contributed by atoms with van der Waals surface area (Å²) in [4.78, 5) is 0. The third-order valence-electron chi connectivity index (χ3n) is 4.60. The first-order valence-corrected chi connectivity index (χ1v) is 7.52. The van der Waals surface area contributed by atoms with Crippen LogP contribution >= 0.6 is 11.6 Å². The van der Waals surface area contributed by atoms with Crippen LogP contribution in [0.4, 0.5) is 0 Å². The van der Waals surface area contributed by atoms with E-state index < -0.39 is 0 Å². The molecular formula is C18H25Cl. The van der Waals surface area contributed by atoms with Crippen LogP contribution in [0.5, 0.6) is 0 Å². The average Bonchev–Trinajstić information content (AvgIpc) is 2.29. The minimum atomic E-state index is 0.0983. The van der Waals surface area contributed by atoms with Crippen molar-refractivity contribution in [1.29, 1.82) is 0 Å². The molecule has 19 heavy (non-hydrogen) atoms. The predicted molar refractivity (Wildman–Crippen MR) is 85.5 cm³/mol. The lowest BCUT2D eigenvalue weighted by Crippen LogP contribution is -2.29. The molecule has 0 atom stereocenters. The second-order valence-corrected chi connectivity index (χ2v) is 7.60. The zero-order valence-corrected chi connectivity index (χ0v) is 13.8. The van der Waals surface area contributed by atoms with E-state index in [1.807, 2.05) is 0 Å². The first kappa shape index (κ1) is 14.7. The Morgan fingerprint density at radius 1 is 0.895 bits per heavy atom. The molecule has 0 saturated carbocycles. The molecule has 0 nitrogen and oxygen atoms in total. The molecule has 0 amide bonds. The van der Waals surface area contributed by atoms with Crippen molar-refractivity contribution >= 4 is 17.2 Å². The summed E-state index contributed by atoms with van der Waals surface area (Å²) >= 11 is 6.82. The van der Waals surface area contributed by atoms with E-state index in [4.69, 9.17) is 11.6 Å². The van der Waals surface area contributed by atoms with Gasteiger partial charge in [-0.3, -0.25) is 0 Å². The second kappa shape index (κ2) is 4.66. The maximum absolute atomic E-state index is 6.82. The number of aryl methyl sites for hydroxylation is 2. The maximum atomic E-state index is 6.82. The van der Waals surface area contributed by atoms with Gasteiger partial charge in [-0.1, -0.05) is 57.5 Å². The van der Waals surface area contributed by atoms with Crippen molar-refractivity contribution in [2.75, 3.05) is 0 Å². The number of halogens is 1. The topological polar surface area (TPSA) is 0 Å². The number of allylic oxidation sites excluding steroid dienone is 2. The predicted octanol–water partition coefficient (Wildman–Crippen LogP) is 6.10. The van der Waals surface area contributed by atoms with Gasteiger partial charge in [-0.25, -0.2) is 0 Å². The Hall–Kier alpha value is -0.750. The Balaban J connectivity index is 2.76. The van der Waals surface area contributed by atoms with Gasteiger partial charge in [-0.2, -0.15) is 0 Å². The van der Waals surface area contributed by atoms with E-state index >= 15 is 0 Å². The first-order chi connectivity index (χ1) is 8.67. The van der Waals surface area contributed by atoms with E-state index in [2.05, 4.69) is 59.7 Å². The molecule has 1 aliphatic carbocycles. The zero-order chi connectivity index (χ0) is 14.4. The molecule has 1 aromatic rings. The van der Waals surface area contributed by atoms with Crippen LogP contribution in [0.1, 0.15) is 57.2 Å². The van der Waals surface area contributed by atoms with Crippen molar-refractivity contribution in [2.45, 2.75) is 54.4 Å². The van der Waals surface area contributed by atoms with Gasteiger partial charge >= 0.3 is 0 Å². The van der Waals surface area contributed by atoms with Gasteiger partial charge in [0.2, 0.25) is 0 Å². The molecule has 0 aromatic heterocycles. The smallest absolute Gasteiger partial charge is 0.0280 e. The maximum Gasteiger partial charge on any atom is 0.0280 e. The van der Waals surface area contributed by atoms with Crippen LogP contribution in [0.2, 0.25) is 0 Å². The molecule has 0 unspecified atom stereocenters. The summed E-state index contributed by atoms with van der Waals surface area (Å²) in [6.45, 7) is 13.6. The van der Waals surface area contributed by atoms with Gasteiger partial charge in [0.05, 0.1) is 0 Å². The molecule has 1 aliphatic rings. The van der Waals surface area contributed by atoms with Crippen molar-refractivity contribution in [1.82, 2.24) is 0 Å². The SMILES string of the molecule is Cc1cccc(C)c1C1=C(Cl)C(C)(C)CCC1(C)C. The highest BCUT2D eigenvalue weighted by atomic mass is 35.5. The lowest BCUT2D eigenvalue weighted by Gasteiger charge is -2.42. The molecule has 0 fully saturated rings. The van der Waals surface area contributed by atoms with Crippen LogP contribution in [-0.2, 0) is 0 Å². The monoisotopic (exact) mass is 276 g/mol. The van der Waals surface area contributed by atoms with Gasteiger partial charge in [0.15, 0.2) is 0 Å². The summed E-state index contributed by atoms with van der Waals surface area (Å²) in [7, 11) is 0. The van der Waals surface area contributed by atoms with Crippen LogP contribution in [0.25, 0.3) is 5.57 Å². The molecule has 0 radical (unpaired) electrons. The number of hydrogen-bond donors (Lipinski definition) is 0. The molecule has 1 heteroatoms. The normalized spacial score (nSPS) is 21.6. The van der Waals surface area contributed by atoms with Crippen LogP contribution in [0.3, 0.4) is 0 Å². The van der Waals surface area contributed by atoms with Crippen molar-refractivity contribution in [2.24, 2.45) is 10.8 Å². The van der Waals surface area contributed by atoms with Crippen LogP contribution < -0.4 is 0 Å². The van der Waals surface area contributed by atoms with Gasteiger partial charge in [0.1, 0.15) is 0 Å². The molecule has 0 saturated heterocycles. The van der Waals surface area contributed by atoms with Gasteiger partial charge in [0, 0.05) is 10.4 Å². The molecule has 0 spiro atoms. The molecule has 0 bridgehead atoms. The summed E-state index contributed by atoms with van der Waals surface area (Å²) in [5.41, 5.74) is 5.65. The van der Waals surface area contributed by atoms with Gasteiger partial charge < -0.3 is 0 Å². The van der Waals surface area contributed by atoms with E-state index in [1.165, 1.54) is 28.7 Å². The van der Waals surface area contributed by atoms with Crippen LogP contribution in [0.15, 0.2) is 23.2 Å². The minimum absolute atomic E-state index is 0.0983. The highest BCUT2D eigenvalue weighted by molar-refractivity contribution is 6.33. The fourth-order valence-corrected chi connectivity index (χ4v) is 3.60. The third-order valence-corrected chi connectivity index (χ3v) is 5.30. The van der Waals surface area contributed by atoms with E-state index in [0.717, 1.165) is 11.5 Å². The quantitative estimate of drug-likeness (QED) is 0.581. The highest BCUT2D eigenvalue weighted by Gasteiger charge is 2.39. The first-order valence-electron chi connectivity index (χ1n) is 7.14. The Morgan fingerprint density at radius 2 is 1.37 bits per heavy atom. The van der Waals surface area contributed by atoms with Gasteiger partial charge in [-0.15, -0.1) is 0 Å².